The fraction of sp³-hybridized carbons (Fsp3) is 0.500. The summed E-state index contributed by atoms with van der Waals surface area (Å²) in [5.74, 6) is 0.323. The molecule has 1 saturated heterocycles. The van der Waals surface area contributed by atoms with Gasteiger partial charge in [-0.05, 0) is 62.0 Å². The minimum atomic E-state index is -0.246. The molecule has 92 valence electrons. The number of ether oxygens (including phenoxy) is 1. The Labute approximate surface area is 102 Å². The molecule has 1 aliphatic rings. The zero-order valence-corrected chi connectivity index (χ0v) is 10.5. The Kier molecular flexibility index (Phi) is 3.79. The van der Waals surface area contributed by atoms with Crippen molar-refractivity contribution < 1.29 is 9.53 Å². The van der Waals surface area contributed by atoms with Crippen LogP contribution in [-0.4, -0.2) is 26.2 Å². The molecule has 1 aromatic rings. The molecule has 0 radical (unpaired) electrons. The number of piperidine rings is 1. The fourth-order valence-corrected chi connectivity index (χ4v) is 2.44. The van der Waals surface area contributed by atoms with Crippen molar-refractivity contribution in [2.45, 2.75) is 25.7 Å². The van der Waals surface area contributed by atoms with Crippen LogP contribution in [-0.2, 0) is 4.74 Å². The maximum absolute atomic E-state index is 11.6. The van der Waals surface area contributed by atoms with Crippen LogP contribution in [0.25, 0.3) is 0 Å². The van der Waals surface area contributed by atoms with Crippen LogP contribution < -0.4 is 5.32 Å². The molecule has 0 aliphatic carbocycles. The highest BCUT2D eigenvalue weighted by atomic mass is 16.5. The topological polar surface area (TPSA) is 38.3 Å². The summed E-state index contributed by atoms with van der Waals surface area (Å²) < 4.78 is 4.78. The van der Waals surface area contributed by atoms with E-state index in [2.05, 4.69) is 11.4 Å². The average molecular weight is 233 g/mol. The lowest BCUT2D eigenvalue weighted by Gasteiger charge is -2.23. The average Bonchev–Trinajstić information content (AvgIpc) is 2.38. The second-order valence-corrected chi connectivity index (χ2v) is 4.65. The summed E-state index contributed by atoms with van der Waals surface area (Å²) in [7, 11) is 1.43. The van der Waals surface area contributed by atoms with Gasteiger partial charge in [0.15, 0.2) is 0 Å². The molecule has 3 heteroatoms. The number of esters is 1. The lowest BCUT2D eigenvalue weighted by Crippen LogP contribution is -2.26. The Morgan fingerprint density at radius 3 is 2.65 bits per heavy atom. The number of aryl methyl sites for hydroxylation is 1. The molecule has 0 amide bonds. The van der Waals surface area contributed by atoms with Gasteiger partial charge in [0.2, 0.25) is 0 Å². The third-order valence-corrected chi connectivity index (χ3v) is 3.33. The van der Waals surface area contributed by atoms with Crippen LogP contribution in [0.1, 0.15) is 40.2 Å². The molecular weight excluding hydrogens is 214 g/mol. The van der Waals surface area contributed by atoms with Crippen LogP contribution >= 0.6 is 0 Å². The monoisotopic (exact) mass is 233 g/mol. The van der Waals surface area contributed by atoms with Gasteiger partial charge in [-0.3, -0.25) is 0 Å². The van der Waals surface area contributed by atoms with Crippen molar-refractivity contribution in [2.24, 2.45) is 0 Å². The summed E-state index contributed by atoms with van der Waals surface area (Å²) in [6, 6.07) is 6.05. The van der Waals surface area contributed by atoms with E-state index in [0.717, 1.165) is 31.5 Å². The molecule has 1 aromatic carbocycles. The van der Waals surface area contributed by atoms with E-state index in [-0.39, 0.29) is 5.97 Å². The lowest BCUT2D eigenvalue weighted by atomic mass is 9.88. The summed E-state index contributed by atoms with van der Waals surface area (Å²) in [4.78, 5) is 11.6. The molecule has 2 rings (SSSR count). The van der Waals surface area contributed by atoms with Crippen molar-refractivity contribution in [3.8, 4) is 0 Å². The van der Waals surface area contributed by atoms with E-state index in [1.165, 1.54) is 12.7 Å². The summed E-state index contributed by atoms with van der Waals surface area (Å²) in [6.07, 6.45) is 2.29. The lowest BCUT2D eigenvalue weighted by molar-refractivity contribution is 0.0600. The highest BCUT2D eigenvalue weighted by Crippen LogP contribution is 2.27. The number of hydrogen-bond acceptors (Lipinski definition) is 3. The maximum atomic E-state index is 11.6. The van der Waals surface area contributed by atoms with E-state index in [1.807, 2.05) is 19.1 Å². The molecule has 1 heterocycles. The quantitative estimate of drug-likeness (QED) is 0.796. The minimum absolute atomic E-state index is 0.246. The first-order valence-electron chi connectivity index (χ1n) is 6.11. The van der Waals surface area contributed by atoms with Crippen LogP contribution in [0.4, 0.5) is 0 Å². The van der Waals surface area contributed by atoms with Gasteiger partial charge in [0.05, 0.1) is 12.7 Å². The normalized spacial score (nSPS) is 16.8. The molecule has 0 unspecified atom stereocenters. The molecule has 1 N–H and O–H groups in total. The van der Waals surface area contributed by atoms with Crippen LogP contribution in [0.5, 0.6) is 0 Å². The second-order valence-electron chi connectivity index (χ2n) is 4.65. The molecule has 0 bridgehead atoms. The van der Waals surface area contributed by atoms with E-state index in [4.69, 9.17) is 4.74 Å². The smallest absolute Gasteiger partial charge is 0.337 e. The predicted molar refractivity (Wildman–Crippen MR) is 67.4 cm³/mol. The van der Waals surface area contributed by atoms with Gasteiger partial charge in [0, 0.05) is 0 Å². The SMILES string of the molecule is COC(=O)c1cc(C)cc(C2CCNCC2)c1. The van der Waals surface area contributed by atoms with E-state index >= 15 is 0 Å². The largest absolute Gasteiger partial charge is 0.465 e. The van der Waals surface area contributed by atoms with Crippen molar-refractivity contribution in [3.05, 3.63) is 34.9 Å². The molecule has 1 aliphatic heterocycles. The summed E-state index contributed by atoms with van der Waals surface area (Å²) >= 11 is 0. The van der Waals surface area contributed by atoms with Crippen molar-refractivity contribution in [1.82, 2.24) is 5.32 Å². The first-order valence-corrected chi connectivity index (χ1v) is 6.11. The van der Waals surface area contributed by atoms with Crippen LogP contribution in [0.3, 0.4) is 0 Å². The van der Waals surface area contributed by atoms with Gasteiger partial charge in [-0.1, -0.05) is 6.07 Å². The van der Waals surface area contributed by atoms with Gasteiger partial charge in [0.25, 0.3) is 0 Å². The van der Waals surface area contributed by atoms with Crippen LogP contribution in [0.2, 0.25) is 0 Å². The van der Waals surface area contributed by atoms with E-state index in [9.17, 15) is 4.79 Å². The maximum Gasteiger partial charge on any atom is 0.337 e. The highest BCUT2D eigenvalue weighted by molar-refractivity contribution is 5.89. The number of methoxy groups -OCH3 is 1. The summed E-state index contributed by atoms with van der Waals surface area (Å²) in [5.41, 5.74) is 3.06. The number of nitrogens with one attached hydrogen (secondary N) is 1. The Morgan fingerprint density at radius 1 is 1.29 bits per heavy atom. The summed E-state index contributed by atoms with van der Waals surface area (Å²) in [5, 5.41) is 3.36. The van der Waals surface area contributed by atoms with Gasteiger partial charge in [-0.25, -0.2) is 4.79 Å². The molecule has 0 aromatic heterocycles. The van der Waals surface area contributed by atoms with Gasteiger partial charge in [-0.15, -0.1) is 0 Å². The second kappa shape index (κ2) is 5.32. The first-order chi connectivity index (χ1) is 8.20. The van der Waals surface area contributed by atoms with E-state index in [0.29, 0.717) is 11.5 Å². The van der Waals surface area contributed by atoms with Crippen molar-refractivity contribution >= 4 is 5.97 Å². The zero-order chi connectivity index (χ0) is 12.3. The van der Waals surface area contributed by atoms with Gasteiger partial charge in [-0.2, -0.15) is 0 Å². The number of rotatable bonds is 2. The van der Waals surface area contributed by atoms with Gasteiger partial charge >= 0.3 is 5.97 Å². The fourth-order valence-electron chi connectivity index (χ4n) is 2.44. The molecule has 0 saturated carbocycles. The van der Waals surface area contributed by atoms with Gasteiger partial charge < -0.3 is 10.1 Å². The van der Waals surface area contributed by atoms with E-state index < -0.39 is 0 Å². The Balaban J connectivity index is 2.27. The van der Waals surface area contributed by atoms with E-state index in [1.54, 1.807) is 0 Å². The van der Waals surface area contributed by atoms with Crippen LogP contribution in [0.15, 0.2) is 18.2 Å². The number of benzene rings is 1. The third-order valence-electron chi connectivity index (χ3n) is 3.33. The highest BCUT2D eigenvalue weighted by Gasteiger charge is 2.17. The van der Waals surface area contributed by atoms with Crippen molar-refractivity contribution in [1.29, 1.82) is 0 Å². The molecule has 0 spiro atoms. The Bertz CT molecular complexity index is 409. The van der Waals surface area contributed by atoms with Gasteiger partial charge in [0.1, 0.15) is 0 Å². The Hall–Kier alpha value is -1.35. The molecule has 3 nitrogen and oxygen atoms in total. The standard InChI is InChI=1S/C14H19NO2/c1-10-7-12(11-3-5-15-6-4-11)9-13(8-10)14(16)17-2/h7-9,11,15H,3-6H2,1-2H3. The molecule has 1 fully saturated rings. The number of carbonyl (C=O) groups is 1. The predicted octanol–water partition coefficient (Wildman–Crippen LogP) is 2.25. The molecular formula is C14H19NO2. The Morgan fingerprint density at radius 2 is 2.00 bits per heavy atom. The minimum Gasteiger partial charge on any atom is -0.465 e. The number of hydrogen-bond donors (Lipinski definition) is 1. The summed E-state index contributed by atoms with van der Waals surface area (Å²) in [6.45, 7) is 4.15. The van der Waals surface area contributed by atoms with Crippen molar-refractivity contribution in [3.63, 3.8) is 0 Å². The van der Waals surface area contributed by atoms with Crippen LogP contribution in [0, 0.1) is 6.92 Å². The molecule has 17 heavy (non-hydrogen) atoms. The number of carbonyl (C=O) groups excluding carboxylic acids is 1. The first kappa shape index (κ1) is 12.1. The molecule has 0 atom stereocenters. The zero-order valence-electron chi connectivity index (χ0n) is 10.5. The van der Waals surface area contributed by atoms with Crippen molar-refractivity contribution in [2.75, 3.05) is 20.2 Å². The third kappa shape index (κ3) is 2.86.